The first-order valence-corrected chi connectivity index (χ1v) is 5.42. The number of carbonyl (C=O) groups is 1. The predicted octanol–water partition coefficient (Wildman–Crippen LogP) is 1.26. The van der Waals surface area contributed by atoms with Gasteiger partial charge in [-0.1, -0.05) is 0 Å². The number of hydrazine groups is 1. The minimum absolute atomic E-state index is 0.337. The van der Waals surface area contributed by atoms with Crippen LogP contribution < -0.4 is 11.3 Å². The van der Waals surface area contributed by atoms with Crippen molar-refractivity contribution in [3.63, 3.8) is 0 Å². The Morgan fingerprint density at radius 2 is 2.44 bits per heavy atom. The van der Waals surface area contributed by atoms with Gasteiger partial charge in [0.1, 0.15) is 18.1 Å². The third-order valence-corrected chi connectivity index (χ3v) is 2.86. The highest BCUT2D eigenvalue weighted by Crippen LogP contribution is 2.24. The standard InChI is InChI=1S/C11H16N2O3/c1-7-10(11(14)13-12)5-9(16-7)6-15-8-3-2-4-8/h5,8H,2-4,6,12H2,1H3,(H,13,14). The van der Waals surface area contributed by atoms with E-state index in [1.165, 1.54) is 6.42 Å². The van der Waals surface area contributed by atoms with Crippen molar-refractivity contribution in [1.82, 2.24) is 5.43 Å². The van der Waals surface area contributed by atoms with Gasteiger partial charge in [-0.2, -0.15) is 0 Å². The molecule has 1 heterocycles. The van der Waals surface area contributed by atoms with Gasteiger partial charge >= 0.3 is 0 Å². The molecule has 0 aliphatic heterocycles. The Morgan fingerprint density at radius 3 is 3.00 bits per heavy atom. The molecule has 1 aromatic heterocycles. The van der Waals surface area contributed by atoms with Crippen molar-refractivity contribution < 1.29 is 13.9 Å². The van der Waals surface area contributed by atoms with Gasteiger partial charge in [-0.3, -0.25) is 10.2 Å². The first-order valence-electron chi connectivity index (χ1n) is 5.42. The van der Waals surface area contributed by atoms with Gasteiger partial charge in [0.15, 0.2) is 0 Å². The van der Waals surface area contributed by atoms with E-state index in [9.17, 15) is 4.79 Å². The smallest absolute Gasteiger partial charge is 0.268 e. The van der Waals surface area contributed by atoms with Crippen molar-refractivity contribution in [2.24, 2.45) is 5.84 Å². The van der Waals surface area contributed by atoms with Crippen molar-refractivity contribution in [3.8, 4) is 0 Å². The number of nitrogens with one attached hydrogen (secondary N) is 1. The van der Waals surface area contributed by atoms with E-state index in [4.69, 9.17) is 15.0 Å². The normalized spacial score (nSPS) is 15.9. The molecule has 5 nitrogen and oxygen atoms in total. The topological polar surface area (TPSA) is 77.5 Å². The van der Waals surface area contributed by atoms with Gasteiger partial charge in [-0.25, -0.2) is 5.84 Å². The van der Waals surface area contributed by atoms with Gasteiger partial charge in [0, 0.05) is 0 Å². The molecule has 1 aliphatic rings. The van der Waals surface area contributed by atoms with Crippen LogP contribution in [0, 0.1) is 6.92 Å². The summed E-state index contributed by atoms with van der Waals surface area (Å²) in [7, 11) is 0. The van der Waals surface area contributed by atoms with E-state index in [1.54, 1.807) is 13.0 Å². The summed E-state index contributed by atoms with van der Waals surface area (Å²) in [6, 6.07) is 1.68. The maximum atomic E-state index is 11.3. The Labute approximate surface area is 93.9 Å². The Bertz CT molecular complexity index is 383. The minimum Gasteiger partial charge on any atom is -0.463 e. The van der Waals surface area contributed by atoms with Crippen LogP contribution in [0.15, 0.2) is 10.5 Å². The number of hydrogen-bond donors (Lipinski definition) is 2. The lowest BCUT2D eigenvalue weighted by Gasteiger charge is -2.24. The SMILES string of the molecule is Cc1oc(COC2CCC2)cc1C(=O)NN. The molecular weight excluding hydrogens is 208 g/mol. The number of ether oxygens (including phenoxy) is 1. The van der Waals surface area contributed by atoms with E-state index in [0.717, 1.165) is 12.8 Å². The van der Waals surface area contributed by atoms with Crippen LogP contribution in [0.3, 0.4) is 0 Å². The molecule has 5 heteroatoms. The molecule has 0 unspecified atom stereocenters. The zero-order valence-corrected chi connectivity index (χ0v) is 9.29. The molecule has 1 amide bonds. The number of furan rings is 1. The van der Waals surface area contributed by atoms with Crippen LogP contribution in [0.5, 0.6) is 0 Å². The second-order valence-electron chi connectivity index (χ2n) is 4.02. The molecule has 1 fully saturated rings. The summed E-state index contributed by atoms with van der Waals surface area (Å²) in [5.41, 5.74) is 2.55. The molecule has 0 radical (unpaired) electrons. The largest absolute Gasteiger partial charge is 0.463 e. The first-order chi connectivity index (χ1) is 7.70. The summed E-state index contributed by atoms with van der Waals surface area (Å²) >= 11 is 0. The van der Waals surface area contributed by atoms with Gasteiger partial charge in [0.2, 0.25) is 0 Å². The number of nitrogens with two attached hydrogens (primary N) is 1. The highest BCUT2D eigenvalue weighted by molar-refractivity contribution is 5.94. The molecule has 0 atom stereocenters. The number of hydrogen-bond acceptors (Lipinski definition) is 4. The predicted molar refractivity (Wildman–Crippen MR) is 57.5 cm³/mol. The van der Waals surface area contributed by atoms with Crippen LogP contribution in [-0.2, 0) is 11.3 Å². The lowest BCUT2D eigenvalue weighted by Crippen LogP contribution is -2.30. The monoisotopic (exact) mass is 224 g/mol. The van der Waals surface area contributed by atoms with Crippen LogP contribution in [0.4, 0.5) is 0 Å². The summed E-state index contributed by atoms with van der Waals surface area (Å²) in [4.78, 5) is 11.3. The molecule has 0 spiro atoms. The summed E-state index contributed by atoms with van der Waals surface area (Å²) in [6.45, 7) is 2.15. The second kappa shape index (κ2) is 4.67. The zero-order chi connectivity index (χ0) is 11.5. The average molecular weight is 224 g/mol. The molecule has 0 bridgehead atoms. The highest BCUT2D eigenvalue weighted by Gasteiger charge is 2.19. The molecule has 0 aromatic carbocycles. The van der Waals surface area contributed by atoms with Gasteiger partial charge in [-0.05, 0) is 32.3 Å². The fraction of sp³-hybridized carbons (Fsp3) is 0.545. The lowest BCUT2D eigenvalue weighted by atomic mass is 9.96. The highest BCUT2D eigenvalue weighted by atomic mass is 16.5. The molecular formula is C11H16N2O3. The number of aryl methyl sites for hydroxylation is 1. The van der Waals surface area contributed by atoms with Crippen LogP contribution >= 0.6 is 0 Å². The summed E-state index contributed by atoms with van der Waals surface area (Å²) < 4.78 is 11.0. The van der Waals surface area contributed by atoms with Gasteiger partial charge in [-0.15, -0.1) is 0 Å². The van der Waals surface area contributed by atoms with Crippen LogP contribution in [-0.4, -0.2) is 12.0 Å². The number of nitrogen functional groups attached to an aromatic ring is 1. The van der Waals surface area contributed by atoms with E-state index in [2.05, 4.69) is 5.43 Å². The number of rotatable bonds is 4. The Balaban J connectivity index is 1.96. The third-order valence-electron chi connectivity index (χ3n) is 2.86. The fourth-order valence-electron chi connectivity index (χ4n) is 1.66. The molecule has 3 N–H and O–H groups in total. The Morgan fingerprint density at radius 1 is 1.69 bits per heavy atom. The van der Waals surface area contributed by atoms with Crippen molar-refractivity contribution >= 4 is 5.91 Å². The molecule has 16 heavy (non-hydrogen) atoms. The molecule has 1 aromatic rings. The van der Waals surface area contributed by atoms with E-state index in [-0.39, 0.29) is 5.91 Å². The van der Waals surface area contributed by atoms with E-state index in [1.807, 2.05) is 0 Å². The number of amides is 1. The van der Waals surface area contributed by atoms with E-state index in [0.29, 0.717) is 29.8 Å². The maximum absolute atomic E-state index is 11.3. The summed E-state index contributed by atoms with van der Waals surface area (Å²) in [6.07, 6.45) is 3.84. The maximum Gasteiger partial charge on any atom is 0.268 e. The molecule has 88 valence electrons. The fourth-order valence-corrected chi connectivity index (χ4v) is 1.66. The first kappa shape index (κ1) is 11.2. The Hall–Kier alpha value is -1.33. The average Bonchev–Trinajstić information content (AvgIpc) is 2.56. The Kier molecular flexibility index (Phi) is 3.26. The van der Waals surface area contributed by atoms with Crippen molar-refractivity contribution in [3.05, 3.63) is 23.2 Å². The van der Waals surface area contributed by atoms with Gasteiger partial charge in [0.05, 0.1) is 11.7 Å². The van der Waals surface area contributed by atoms with Crippen LogP contribution in [0.1, 0.15) is 41.1 Å². The molecule has 1 saturated carbocycles. The minimum atomic E-state index is -0.337. The number of carbonyl (C=O) groups excluding carboxylic acids is 1. The van der Waals surface area contributed by atoms with Crippen LogP contribution in [0.2, 0.25) is 0 Å². The van der Waals surface area contributed by atoms with Gasteiger partial charge < -0.3 is 9.15 Å². The lowest BCUT2D eigenvalue weighted by molar-refractivity contribution is -0.0159. The summed E-state index contributed by atoms with van der Waals surface area (Å²) in [5.74, 6) is 5.96. The molecule has 2 rings (SSSR count). The second-order valence-corrected chi connectivity index (χ2v) is 4.02. The third kappa shape index (κ3) is 2.25. The summed E-state index contributed by atoms with van der Waals surface area (Å²) in [5, 5.41) is 0. The van der Waals surface area contributed by atoms with Crippen molar-refractivity contribution in [2.75, 3.05) is 0 Å². The van der Waals surface area contributed by atoms with Crippen molar-refractivity contribution in [2.45, 2.75) is 38.9 Å². The van der Waals surface area contributed by atoms with Gasteiger partial charge in [0.25, 0.3) is 5.91 Å². The van der Waals surface area contributed by atoms with Crippen LogP contribution in [0.25, 0.3) is 0 Å². The molecule has 0 saturated heterocycles. The molecule has 1 aliphatic carbocycles. The van der Waals surface area contributed by atoms with E-state index < -0.39 is 0 Å². The quantitative estimate of drug-likeness (QED) is 0.458. The van der Waals surface area contributed by atoms with E-state index >= 15 is 0 Å². The van der Waals surface area contributed by atoms with Crippen molar-refractivity contribution in [1.29, 1.82) is 0 Å². The zero-order valence-electron chi connectivity index (χ0n) is 9.29.